The highest BCUT2D eigenvalue weighted by atomic mass is 16.2. The maximum absolute atomic E-state index is 13.0. The Labute approximate surface area is 163 Å². The Morgan fingerprint density at radius 2 is 1.54 bits per heavy atom. The lowest BCUT2D eigenvalue weighted by Gasteiger charge is -2.30. The van der Waals surface area contributed by atoms with Crippen LogP contribution in [0.2, 0.25) is 0 Å². The molecule has 28 heavy (non-hydrogen) atoms. The van der Waals surface area contributed by atoms with Gasteiger partial charge >= 0.3 is 0 Å². The SMILES string of the molecule is O=C1CCC(N2Cc3cc4c(cc3C2)C(=O)N(C2CCC(=O)NC2=O)C4)CC1. The predicted molar refractivity (Wildman–Crippen MR) is 99.0 cm³/mol. The monoisotopic (exact) mass is 381 g/mol. The van der Waals surface area contributed by atoms with Gasteiger partial charge in [-0.1, -0.05) is 6.07 Å². The van der Waals surface area contributed by atoms with Crippen LogP contribution in [0.5, 0.6) is 0 Å². The summed E-state index contributed by atoms with van der Waals surface area (Å²) in [5.41, 5.74) is 4.07. The van der Waals surface area contributed by atoms with Crippen molar-refractivity contribution in [3.63, 3.8) is 0 Å². The summed E-state index contributed by atoms with van der Waals surface area (Å²) in [6.45, 7) is 2.09. The first kappa shape index (κ1) is 17.6. The number of nitrogens with one attached hydrogen (secondary N) is 1. The van der Waals surface area contributed by atoms with Crippen LogP contribution in [0.15, 0.2) is 12.1 Å². The summed E-state index contributed by atoms with van der Waals surface area (Å²) in [6.07, 6.45) is 3.86. The van der Waals surface area contributed by atoms with Crippen LogP contribution in [0.3, 0.4) is 0 Å². The summed E-state index contributed by atoms with van der Waals surface area (Å²) in [5.74, 6) is -0.392. The Morgan fingerprint density at radius 1 is 0.821 bits per heavy atom. The molecule has 2 fully saturated rings. The normalized spacial score (nSPS) is 25.9. The first-order valence-corrected chi connectivity index (χ1v) is 10.0. The van der Waals surface area contributed by atoms with Crippen molar-refractivity contribution in [3.05, 3.63) is 34.4 Å². The number of imide groups is 1. The molecule has 1 unspecified atom stereocenters. The van der Waals surface area contributed by atoms with Crippen LogP contribution < -0.4 is 5.32 Å². The number of fused-ring (bicyclic) bond motifs is 2. The fourth-order valence-electron chi connectivity index (χ4n) is 5.05. The number of benzene rings is 1. The lowest BCUT2D eigenvalue weighted by Crippen LogP contribution is -2.52. The van der Waals surface area contributed by atoms with Crippen molar-refractivity contribution in [2.45, 2.75) is 70.2 Å². The van der Waals surface area contributed by atoms with Crippen LogP contribution >= 0.6 is 0 Å². The molecule has 1 aromatic carbocycles. The molecular formula is C21H23N3O4. The summed E-state index contributed by atoms with van der Waals surface area (Å²) < 4.78 is 0. The molecule has 1 aromatic rings. The van der Waals surface area contributed by atoms with Crippen LogP contribution in [0.4, 0.5) is 0 Å². The van der Waals surface area contributed by atoms with E-state index in [4.69, 9.17) is 0 Å². The molecule has 0 spiro atoms. The number of Topliss-reactive ketones (excluding diaryl/α,β-unsaturated/α-hetero) is 1. The van der Waals surface area contributed by atoms with E-state index in [1.54, 1.807) is 4.90 Å². The van der Waals surface area contributed by atoms with Crippen molar-refractivity contribution in [1.82, 2.24) is 15.1 Å². The zero-order chi connectivity index (χ0) is 19.4. The first-order valence-electron chi connectivity index (χ1n) is 10.0. The van der Waals surface area contributed by atoms with Gasteiger partial charge in [-0.05, 0) is 42.0 Å². The van der Waals surface area contributed by atoms with Gasteiger partial charge in [0, 0.05) is 50.5 Å². The van der Waals surface area contributed by atoms with E-state index in [2.05, 4.69) is 16.3 Å². The summed E-state index contributed by atoms with van der Waals surface area (Å²) in [6, 6.07) is 3.98. The van der Waals surface area contributed by atoms with Gasteiger partial charge in [0.1, 0.15) is 11.8 Å². The van der Waals surface area contributed by atoms with Crippen molar-refractivity contribution in [3.8, 4) is 0 Å². The second kappa shape index (κ2) is 6.51. The predicted octanol–water partition coefficient (Wildman–Crippen LogP) is 1.27. The van der Waals surface area contributed by atoms with Crippen molar-refractivity contribution in [2.24, 2.45) is 0 Å². The number of carbonyl (C=O) groups excluding carboxylic acids is 4. The van der Waals surface area contributed by atoms with E-state index in [1.165, 1.54) is 11.1 Å². The molecule has 3 amide bonds. The average molecular weight is 381 g/mol. The van der Waals surface area contributed by atoms with Crippen LogP contribution in [0.1, 0.15) is 65.6 Å². The zero-order valence-corrected chi connectivity index (χ0v) is 15.7. The van der Waals surface area contributed by atoms with Crippen molar-refractivity contribution < 1.29 is 19.2 Å². The lowest BCUT2D eigenvalue weighted by atomic mass is 9.93. The highest BCUT2D eigenvalue weighted by Gasteiger charge is 2.40. The van der Waals surface area contributed by atoms with Gasteiger partial charge in [0.05, 0.1) is 0 Å². The molecule has 7 nitrogen and oxygen atoms in total. The van der Waals surface area contributed by atoms with Crippen molar-refractivity contribution in [2.75, 3.05) is 0 Å². The molecule has 0 aromatic heterocycles. The molecule has 0 bridgehead atoms. The third kappa shape index (κ3) is 2.85. The average Bonchev–Trinajstić information content (AvgIpc) is 3.22. The quantitative estimate of drug-likeness (QED) is 0.780. The van der Waals surface area contributed by atoms with E-state index in [9.17, 15) is 19.2 Å². The molecule has 3 heterocycles. The van der Waals surface area contributed by atoms with Gasteiger partial charge in [-0.15, -0.1) is 0 Å². The molecule has 1 aliphatic carbocycles. The maximum atomic E-state index is 13.0. The summed E-state index contributed by atoms with van der Waals surface area (Å²) in [7, 11) is 0. The largest absolute Gasteiger partial charge is 0.322 e. The molecule has 146 valence electrons. The molecule has 5 rings (SSSR count). The molecule has 1 atom stereocenters. The van der Waals surface area contributed by atoms with Crippen LogP contribution in [0, 0.1) is 0 Å². The van der Waals surface area contributed by atoms with E-state index < -0.39 is 6.04 Å². The van der Waals surface area contributed by atoms with Crippen molar-refractivity contribution >= 4 is 23.5 Å². The number of piperidine rings is 1. The molecule has 1 N–H and O–H groups in total. The number of hydrogen-bond donors (Lipinski definition) is 1. The van der Waals surface area contributed by atoms with E-state index in [-0.39, 0.29) is 24.1 Å². The Kier molecular flexibility index (Phi) is 4.08. The van der Waals surface area contributed by atoms with Crippen LogP contribution in [-0.2, 0) is 34.0 Å². The van der Waals surface area contributed by atoms with Gasteiger partial charge in [-0.25, -0.2) is 0 Å². The number of hydrogen-bond acceptors (Lipinski definition) is 5. The zero-order valence-electron chi connectivity index (χ0n) is 15.7. The van der Waals surface area contributed by atoms with E-state index in [0.29, 0.717) is 43.2 Å². The molecular weight excluding hydrogens is 358 g/mol. The van der Waals surface area contributed by atoms with Gasteiger partial charge in [-0.3, -0.25) is 29.4 Å². The van der Waals surface area contributed by atoms with Gasteiger partial charge in [0.15, 0.2) is 0 Å². The summed E-state index contributed by atoms with van der Waals surface area (Å²) in [5, 5.41) is 2.34. The minimum Gasteiger partial charge on any atom is -0.322 e. The standard InChI is InChI=1S/C21H23N3O4/c25-16-3-1-15(2-4-16)23-9-12-7-14-11-24(18-5-6-19(26)22-20(18)27)21(28)17(14)8-13(12)10-23/h7-8,15,18H,1-6,9-11H2,(H,22,26,27). The van der Waals surface area contributed by atoms with Gasteiger partial charge in [0.2, 0.25) is 11.8 Å². The fourth-order valence-corrected chi connectivity index (χ4v) is 5.05. The minimum atomic E-state index is -0.566. The van der Waals surface area contributed by atoms with Crippen molar-refractivity contribution in [1.29, 1.82) is 0 Å². The molecule has 4 aliphatic rings. The molecule has 1 saturated carbocycles. The molecule has 7 heteroatoms. The minimum absolute atomic E-state index is 0.117. The summed E-state index contributed by atoms with van der Waals surface area (Å²) in [4.78, 5) is 52.1. The fraction of sp³-hybridized carbons (Fsp3) is 0.524. The van der Waals surface area contributed by atoms with Gasteiger partial charge in [-0.2, -0.15) is 0 Å². The third-order valence-corrected chi connectivity index (χ3v) is 6.62. The Hall–Kier alpha value is -2.54. The maximum Gasteiger partial charge on any atom is 0.255 e. The topological polar surface area (TPSA) is 86.8 Å². The number of ketones is 1. The molecule has 3 aliphatic heterocycles. The first-order chi connectivity index (χ1) is 13.5. The number of amides is 3. The second-order valence-corrected chi connectivity index (χ2v) is 8.35. The van der Waals surface area contributed by atoms with E-state index in [1.807, 2.05) is 6.07 Å². The Balaban J connectivity index is 1.33. The molecule has 0 radical (unpaired) electrons. The number of rotatable bonds is 2. The Morgan fingerprint density at radius 3 is 2.25 bits per heavy atom. The van der Waals surface area contributed by atoms with Gasteiger partial charge < -0.3 is 4.90 Å². The van der Waals surface area contributed by atoms with Crippen LogP contribution in [-0.4, -0.2) is 45.4 Å². The van der Waals surface area contributed by atoms with E-state index >= 15 is 0 Å². The third-order valence-electron chi connectivity index (χ3n) is 6.62. The summed E-state index contributed by atoms with van der Waals surface area (Å²) >= 11 is 0. The highest BCUT2D eigenvalue weighted by Crippen LogP contribution is 2.35. The Bertz CT molecular complexity index is 899. The molecule has 1 saturated heterocycles. The lowest BCUT2D eigenvalue weighted by molar-refractivity contribution is -0.137. The smallest absolute Gasteiger partial charge is 0.255 e. The number of nitrogens with zero attached hydrogens (tertiary/aromatic N) is 2. The highest BCUT2D eigenvalue weighted by molar-refractivity contribution is 6.05. The second-order valence-electron chi connectivity index (χ2n) is 8.35. The number of carbonyl (C=O) groups is 4. The van der Waals surface area contributed by atoms with Crippen LogP contribution in [0.25, 0.3) is 0 Å². The van der Waals surface area contributed by atoms with Gasteiger partial charge in [0.25, 0.3) is 5.91 Å². The van der Waals surface area contributed by atoms with E-state index in [0.717, 1.165) is 31.5 Å².